The highest BCUT2D eigenvalue weighted by molar-refractivity contribution is 6.32. The summed E-state index contributed by atoms with van der Waals surface area (Å²) in [5.41, 5.74) is 1.87. The summed E-state index contributed by atoms with van der Waals surface area (Å²) in [4.78, 5) is 11.7. The minimum atomic E-state index is -0.431. The molecule has 3 aromatic rings. The Bertz CT molecular complexity index is 904. The molecule has 0 bridgehead atoms. The van der Waals surface area contributed by atoms with E-state index in [1.165, 1.54) is 16.8 Å². The van der Waals surface area contributed by atoms with Crippen molar-refractivity contribution in [1.82, 2.24) is 20.2 Å². The number of aromatic hydroxyl groups is 1. The maximum absolute atomic E-state index is 11.7. The Morgan fingerprint density at radius 1 is 1.35 bits per heavy atom. The van der Waals surface area contributed by atoms with Gasteiger partial charge in [-0.25, -0.2) is 9.89 Å². The van der Waals surface area contributed by atoms with Crippen LogP contribution in [0.3, 0.4) is 0 Å². The van der Waals surface area contributed by atoms with Gasteiger partial charge in [0.2, 0.25) is 0 Å². The summed E-state index contributed by atoms with van der Waals surface area (Å²) in [6.45, 7) is 2.09. The van der Waals surface area contributed by atoms with E-state index in [1.807, 2.05) is 19.1 Å². The molecule has 0 spiro atoms. The molecule has 0 saturated heterocycles. The number of phenols is 1. The molecule has 0 radical (unpaired) electrons. The molecular weight excluding hydrogens is 320 g/mol. The van der Waals surface area contributed by atoms with Crippen molar-refractivity contribution in [2.45, 2.75) is 13.5 Å². The van der Waals surface area contributed by atoms with E-state index in [0.717, 1.165) is 11.1 Å². The molecular formula is C15H13ClN4O3. The number of benzene rings is 2. The molecule has 0 aliphatic rings. The minimum Gasteiger partial charge on any atom is -0.508 e. The van der Waals surface area contributed by atoms with Crippen LogP contribution in [0.15, 0.2) is 41.2 Å². The first kappa shape index (κ1) is 15.1. The third-order valence-electron chi connectivity index (χ3n) is 3.37. The summed E-state index contributed by atoms with van der Waals surface area (Å²) >= 11 is 6.03. The van der Waals surface area contributed by atoms with Gasteiger partial charge in [0.05, 0.1) is 10.7 Å². The van der Waals surface area contributed by atoms with Gasteiger partial charge in [-0.1, -0.05) is 23.7 Å². The van der Waals surface area contributed by atoms with E-state index in [2.05, 4.69) is 15.5 Å². The number of H-pyrrole nitrogens is 1. The molecule has 8 heteroatoms. The number of nitrogens with one attached hydrogen (secondary N) is 1. The molecule has 23 heavy (non-hydrogen) atoms. The average molecular weight is 333 g/mol. The lowest BCUT2D eigenvalue weighted by atomic mass is 10.1. The fourth-order valence-corrected chi connectivity index (χ4v) is 2.41. The summed E-state index contributed by atoms with van der Waals surface area (Å²) in [5, 5.41) is 19.2. The Labute approximate surface area is 136 Å². The van der Waals surface area contributed by atoms with E-state index >= 15 is 0 Å². The van der Waals surface area contributed by atoms with Crippen molar-refractivity contribution in [2.24, 2.45) is 0 Å². The standard InChI is InChI=1S/C15H13ClN4O3/c1-9-3-2-4-13(20-15(22)17-18-19-20)11(9)8-23-14-6-5-10(21)7-12(14)16/h2-7,21H,8H2,1H3,(H,17,19,22). The Morgan fingerprint density at radius 2 is 2.17 bits per heavy atom. The van der Waals surface area contributed by atoms with Crippen molar-refractivity contribution in [3.63, 3.8) is 0 Å². The maximum Gasteiger partial charge on any atom is 0.365 e. The van der Waals surface area contributed by atoms with Gasteiger partial charge in [0.1, 0.15) is 18.1 Å². The smallest absolute Gasteiger partial charge is 0.365 e. The quantitative estimate of drug-likeness (QED) is 0.764. The first-order chi connectivity index (χ1) is 11.1. The van der Waals surface area contributed by atoms with Gasteiger partial charge in [0.15, 0.2) is 0 Å². The summed E-state index contributed by atoms with van der Waals surface area (Å²) in [7, 11) is 0. The second-order valence-corrected chi connectivity index (χ2v) is 5.30. The van der Waals surface area contributed by atoms with Crippen molar-refractivity contribution >= 4 is 11.6 Å². The monoisotopic (exact) mass is 332 g/mol. The zero-order valence-electron chi connectivity index (χ0n) is 12.2. The fourth-order valence-electron chi connectivity index (χ4n) is 2.19. The summed E-state index contributed by atoms with van der Waals surface area (Å²) in [5.74, 6) is 0.499. The molecule has 2 N–H and O–H groups in total. The minimum absolute atomic E-state index is 0.0630. The summed E-state index contributed by atoms with van der Waals surface area (Å²) < 4.78 is 6.89. The van der Waals surface area contributed by atoms with Gasteiger partial charge >= 0.3 is 5.69 Å². The van der Waals surface area contributed by atoms with Crippen molar-refractivity contribution < 1.29 is 9.84 Å². The number of nitrogens with zero attached hydrogens (tertiary/aromatic N) is 3. The van der Waals surface area contributed by atoms with E-state index in [0.29, 0.717) is 16.5 Å². The highest BCUT2D eigenvalue weighted by Gasteiger charge is 2.13. The molecule has 1 aromatic heterocycles. The van der Waals surface area contributed by atoms with E-state index in [1.54, 1.807) is 12.1 Å². The number of rotatable bonds is 4. The lowest BCUT2D eigenvalue weighted by Crippen LogP contribution is -2.18. The molecule has 0 atom stereocenters. The van der Waals surface area contributed by atoms with Crippen LogP contribution >= 0.6 is 11.6 Å². The van der Waals surface area contributed by atoms with Crippen LogP contribution in [0.4, 0.5) is 0 Å². The van der Waals surface area contributed by atoms with Gasteiger partial charge in [-0.2, -0.15) is 4.68 Å². The summed E-state index contributed by atoms with van der Waals surface area (Å²) in [6.07, 6.45) is 0. The van der Waals surface area contributed by atoms with Gasteiger partial charge in [-0.05, 0) is 41.1 Å². The first-order valence-electron chi connectivity index (χ1n) is 6.77. The zero-order chi connectivity index (χ0) is 16.4. The number of tetrazole rings is 1. The van der Waals surface area contributed by atoms with E-state index in [4.69, 9.17) is 16.3 Å². The van der Waals surface area contributed by atoms with Gasteiger partial charge in [0.25, 0.3) is 0 Å². The topological polar surface area (TPSA) is 93.0 Å². The first-order valence-corrected chi connectivity index (χ1v) is 7.14. The molecule has 7 nitrogen and oxygen atoms in total. The lowest BCUT2D eigenvalue weighted by molar-refractivity contribution is 0.304. The molecule has 0 aliphatic carbocycles. The van der Waals surface area contributed by atoms with Crippen molar-refractivity contribution in [1.29, 1.82) is 0 Å². The Balaban J connectivity index is 1.94. The SMILES string of the molecule is Cc1cccc(-n2nn[nH]c2=O)c1COc1ccc(O)cc1Cl. The predicted molar refractivity (Wildman–Crippen MR) is 84.2 cm³/mol. The van der Waals surface area contributed by atoms with Crippen LogP contribution in [0.25, 0.3) is 5.69 Å². The number of aromatic nitrogens is 4. The van der Waals surface area contributed by atoms with Crippen LogP contribution in [-0.4, -0.2) is 25.3 Å². The molecule has 0 unspecified atom stereocenters. The van der Waals surface area contributed by atoms with Crippen LogP contribution in [0, 0.1) is 6.92 Å². The Hall–Kier alpha value is -2.80. The van der Waals surface area contributed by atoms with Gasteiger partial charge in [-0.3, -0.25) is 0 Å². The van der Waals surface area contributed by atoms with Gasteiger partial charge in [-0.15, -0.1) is 0 Å². The van der Waals surface area contributed by atoms with E-state index in [-0.39, 0.29) is 12.4 Å². The average Bonchev–Trinajstić information content (AvgIpc) is 2.93. The number of ether oxygens (including phenoxy) is 1. The number of phenolic OH excluding ortho intramolecular Hbond substituents is 1. The zero-order valence-corrected chi connectivity index (χ0v) is 12.9. The second-order valence-electron chi connectivity index (χ2n) is 4.89. The molecule has 1 heterocycles. The highest BCUT2D eigenvalue weighted by Crippen LogP contribution is 2.29. The number of aromatic amines is 1. The Morgan fingerprint density at radius 3 is 2.87 bits per heavy atom. The largest absolute Gasteiger partial charge is 0.508 e. The number of halogens is 1. The molecule has 0 fully saturated rings. The van der Waals surface area contributed by atoms with Gasteiger partial charge in [0, 0.05) is 11.6 Å². The molecule has 0 aliphatic heterocycles. The predicted octanol–water partition coefficient (Wildman–Crippen LogP) is 2.20. The van der Waals surface area contributed by atoms with Crippen LogP contribution < -0.4 is 10.4 Å². The van der Waals surface area contributed by atoms with E-state index in [9.17, 15) is 9.90 Å². The molecule has 0 amide bonds. The normalized spacial score (nSPS) is 10.7. The van der Waals surface area contributed by atoms with E-state index < -0.39 is 5.69 Å². The number of aryl methyl sites for hydroxylation is 1. The molecule has 3 rings (SSSR count). The third kappa shape index (κ3) is 3.04. The van der Waals surface area contributed by atoms with Crippen LogP contribution in [0.1, 0.15) is 11.1 Å². The fraction of sp³-hybridized carbons (Fsp3) is 0.133. The number of hydrogen-bond acceptors (Lipinski definition) is 5. The molecule has 2 aromatic carbocycles. The maximum atomic E-state index is 11.7. The second kappa shape index (κ2) is 6.13. The van der Waals surface area contributed by atoms with Crippen LogP contribution in [0.5, 0.6) is 11.5 Å². The van der Waals surface area contributed by atoms with Gasteiger partial charge < -0.3 is 9.84 Å². The van der Waals surface area contributed by atoms with Crippen molar-refractivity contribution in [3.05, 3.63) is 63.0 Å². The third-order valence-corrected chi connectivity index (χ3v) is 3.67. The van der Waals surface area contributed by atoms with Crippen LogP contribution in [0.2, 0.25) is 5.02 Å². The highest BCUT2D eigenvalue weighted by atomic mass is 35.5. The van der Waals surface area contributed by atoms with Crippen molar-refractivity contribution in [2.75, 3.05) is 0 Å². The Kier molecular flexibility index (Phi) is 4.03. The molecule has 0 saturated carbocycles. The summed E-state index contributed by atoms with van der Waals surface area (Å²) in [6, 6.07) is 9.96. The number of hydrogen-bond donors (Lipinski definition) is 2. The lowest BCUT2D eigenvalue weighted by Gasteiger charge is -2.13. The van der Waals surface area contributed by atoms with Crippen LogP contribution in [-0.2, 0) is 6.61 Å². The van der Waals surface area contributed by atoms with Crippen molar-refractivity contribution in [3.8, 4) is 17.2 Å². The molecule has 118 valence electrons.